The third-order valence-electron chi connectivity index (χ3n) is 19.7. The lowest BCUT2D eigenvalue weighted by atomic mass is 9.93. The smallest absolute Gasteiger partial charge is 0.223 e. The number of nitrogens with one attached hydrogen (secondary N) is 3. The molecule has 0 unspecified atom stereocenters. The molecule has 0 atom stereocenters. The molecule has 28 nitrogen and oxygen atoms in total. The van der Waals surface area contributed by atoms with E-state index >= 15 is 0 Å². The van der Waals surface area contributed by atoms with Crippen LogP contribution in [-0.2, 0) is 41.4 Å². The number of ether oxygens (including phenoxy) is 9. The number of morpholine rings is 3. The van der Waals surface area contributed by atoms with Gasteiger partial charge in [0.25, 0.3) is 0 Å². The Hall–Kier alpha value is -9.45. The molecule has 6 fully saturated rings. The van der Waals surface area contributed by atoms with Crippen LogP contribution in [0.1, 0.15) is 88.3 Å². The number of fused-ring (bicyclic) bond motifs is 4. The van der Waals surface area contributed by atoms with Gasteiger partial charge in [0.05, 0.1) is 123 Å². The highest BCUT2D eigenvalue weighted by molar-refractivity contribution is 5.87. The zero-order chi connectivity index (χ0) is 69.2. The topological polar surface area (TPSA) is 300 Å². The van der Waals surface area contributed by atoms with Gasteiger partial charge >= 0.3 is 0 Å². The second-order valence-electron chi connectivity index (χ2n) is 26.7. The normalized spacial score (nSPS) is 21.5. The molecule has 3 saturated heterocycles. The predicted octanol–water partition coefficient (Wildman–Crippen LogP) is 9.45. The number of anilines is 8. The summed E-state index contributed by atoms with van der Waals surface area (Å²) >= 11 is 0. The molecule has 3 aliphatic carbocycles. The van der Waals surface area contributed by atoms with Crippen LogP contribution in [0.2, 0.25) is 0 Å². The van der Waals surface area contributed by atoms with Gasteiger partial charge < -0.3 is 83.9 Å². The number of nitrogen functional groups attached to an aromatic ring is 1. The highest BCUT2D eigenvalue weighted by Crippen LogP contribution is 2.38. The summed E-state index contributed by atoms with van der Waals surface area (Å²) in [6.45, 7) is 11.8. The first-order chi connectivity index (χ1) is 50.3. The van der Waals surface area contributed by atoms with Crippen molar-refractivity contribution >= 4 is 79.3 Å². The fraction of sp³-hybridized carbons (Fsp3) is 0.500. The Kier molecular flexibility index (Phi) is 23.5. The Balaban J connectivity index is 0.000000130. The van der Waals surface area contributed by atoms with E-state index in [1.807, 2.05) is 23.2 Å². The monoisotopic (exact) mass is 1390 g/mol. The lowest BCUT2D eigenvalue weighted by Crippen LogP contribution is -2.36. The second-order valence-corrected chi connectivity index (χ2v) is 26.7. The Labute approximate surface area is 594 Å². The summed E-state index contributed by atoms with van der Waals surface area (Å²) in [7, 11) is 3.30. The molecule has 28 heteroatoms. The third kappa shape index (κ3) is 18.2. The van der Waals surface area contributed by atoms with Crippen molar-refractivity contribution in [3.8, 4) is 17.2 Å². The Bertz CT molecular complexity index is 4130. The molecule has 6 aromatic heterocycles. The van der Waals surface area contributed by atoms with Crippen molar-refractivity contribution in [1.82, 2.24) is 54.8 Å². The fourth-order valence-corrected chi connectivity index (χ4v) is 14.2. The van der Waals surface area contributed by atoms with Crippen LogP contribution in [0.4, 0.5) is 46.2 Å². The van der Waals surface area contributed by atoms with Gasteiger partial charge in [-0.25, -0.2) is 39.9 Å². The van der Waals surface area contributed by atoms with E-state index in [1.54, 1.807) is 70.0 Å². The minimum atomic E-state index is 0.128. The van der Waals surface area contributed by atoms with Crippen molar-refractivity contribution in [3.05, 3.63) is 122 Å². The van der Waals surface area contributed by atoms with Crippen molar-refractivity contribution in [2.75, 3.05) is 154 Å². The van der Waals surface area contributed by atoms with E-state index in [0.717, 1.165) is 254 Å². The molecule has 10 heterocycles. The summed E-state index contributed by atoms with van der Waals surface area (Å²) in [6, 6.07) is 17.5. The van der Waals surface area contributed by atoms with Crippen molar-refractivity contribution in [2.24, 2.45) is 0 Å². The number of rotatable bonds is 20. The molecule has 9 aromatic rings. The molecular weight excluding hydrogens is 1300 g/mol. The van der Waals surface area contributed by atoms with Gasteiger partial charge in [0.2, 0.25) is 11.9 Å². The van der Waals surface area contributed by atoms with Crippen LogP contribution in [-0.4, -0.2) is 204 Å². The van der Waals surface area contributed by atoms with Crippen LogP contribution in [0.15, 0.2) is 110 Å². The minimum Gasteiger partial charge on any atom is -0.488 e. The maximum atomic E-state index is 6.54. The molecule has 5 N–H and O–H groups in total. The van der Waals surface area contributed by atoms with Gasteiger partial charge in [-0.2, -0.15) is 0 Å². The van der Waals surface area contributed by atoms with E-state index in [9.17, 15) is 0 Å². The Morgan fingerprint density at radius 1 is 0.441 bits per heavy atom. The maximum Gasteiger partial charge on any atom is 0.223 e. The first-order valence-electron chi connectivity index (χ1n) is 36.0. The van der Waals surface area contributed by atoms with E-state index in [-0.39, 0.29) is 18.3 Å². The van der Waals surface area contributed by atoms with Crippen LogP contribution in [0.3, 0.4) is 0 Å². The summed E-state index contributed by atoms with van der Waals surface area (Å²) in [5.41, 5.74) is 17.9. The van der Waals surface area contributed by atoms with E-state index in [4.69, 9.17) is 48.4 Å². The average Bonchev–Trinajstić information content (AvgIpc) is 0.804. The number of benzene rings is 3. The summed E-state index contributed by atoms with van der Waals surface area (Å²) in [4.78, 5) is 58.7. The predicted molar refractivity (Wildman–Crippen MR) is 391 cm³/mol. The van der Waals surface area contributed by atoms with Gasteiger partial charge in [-0.3, -0.25) is 15.0 Å². The molecule has 102 heavy (non-hydrogen) atoms. The van der Waals surface area contributed by atoms with Crippen molar-refractivity contribution in [2.45, 2.75) is 127 Å². The van der Waals surface area contributed by atoms with Crippen LogP contribution in [0.5, 0.6) is 17.2 Å². The largest absolute Gasteiger partial charge is 0.488 e. The molecule has 3 aromatic carbocycles. The van der Waals surface area contributed by atoms with E-state index in [0.29, 0.717) is 55.8 Å². The number of methoxy groups -OCH3 is 2. The van der Waals surface area contributed by atoms with Gasteiger partial charge in [-0.1, -0.05) is 0 Å². The number of hydrogen-bond donors (Lipinski definition) is 4. The van der Waals surface area contributed by atoms with E-state index < -0.39 is 0 Å². The molecule has 16 rings (SSSR count). The molecule has 0 amide bonds. The SMILES string of the molecule is COCN(COC)c1cnc(NC2CCC(Oc3cc(N4CCOCC4)cc4nccnc34)CC2)nc1.Nc1ccc(NC2CCC(Oc3cc(N4CCOCC4)cc4nccnc34)CC2)nc1.c1cnc2c(OC3CCC(Nc4ncc5c(n4)COCC5)CC3)cc(N3CCOCC3)cc2n1. The Morgan fingerprint density at radius 3 is 1.27 bits per heavy atom. The van der Waals surface area contributed by atoms with Crippen LogP contribution < -0.4 is 55.5 Å². The van der Waals surface area contributed by atoms with E-state index in [2.05, 4.69) is 122 Å². The lowest BCUT2D eigenvalue weighted by molar-refractivity contribution is 0.107. The van der Waals surface area contributed by atoms with Gasteiger partial charge in [0.1, 0.15) is 53.1 Å². The van der Waals surface area contributed by atoms with E-state index in [1.165, 1.54) is 5.56 Å². The van der Waals surface area contributed by atoms with Gasteiger partial charge in [-0.15, -0.1) is 0 Å². The zero-order valence-electron chi connectivity index (χ0n) is 58.3. The molecule has 3 saturated carbocycles. The highest BCUT2D eigenvalue weighted by atomic mass is 16.5. The Morgan fingerprint density at radius 2 is 0.853 bits per heavy atom. The number of hydrogen-bond acceptors (Lipinski definition) is 28. The van der Waals surface area contributed by atoms with Gasteiger partial charge in [-0.05, 0) is 119 Å². The number of aromatic nitrogens is 11. The average molecular weight is 1390 g/mol. The van der Waals surface area contributed by atoms with Crippen LogP contribution in [0, 0.1) is 0 Å². The zero-order valence-corrected chi connectivity index (χ0v) is 58.3. The summed E-state index contributed by atoms with van der Waals surface area (Å²) in [6.07, 6.45) is 30.7. The lowest BCUT2D eigenvalue weighted by Gasteiger charge is -2.31. The van der Waals surface area contributed by atoms with Gasteiger partial charge in [0.15, 0.2) is 0 Å². The fourth-order valence-electron chi connectivity index (χ4n) is 14.2. The molecule has 0 bridgehead atoms. The summed E-state index contributed by atoms with van der Waals surface area (Å²) in [5.74, 6) is 4.65. The van der Waals surface area contributed by atoms with Crippen molar-refractivity contribution in [3.63, 3.8) is 0 Å². The molecule has 7 aliphatic rings. The molecule has 0 radical (unpaired) electrons. The molecular formula is C74H93N19O9. The maximum absolute atomic E-state index is 6.54. The molecule has 0 spiro atoms. The molecule has 4 aliphatic heterocycles. The van der Waals surface area contributed by atoms with Crippen LogP contribution >= 0.6 is 0 Å². The number of nitrogens with two attached hydrogens (primary N) is 1. The standard InChI is InChI=1S/C26H35N7O4.C25H30N6O3.C23H28N6O2/c1-34-17-33(18-35-2)21-15-29-26(30-16-21)31-19-3-5-22(6-4-19)37-24-14-20(32-9-11-36-12-10-32)13-23-25(24)28-8-7-27-23;1-3-20(4-2-18(1)29-25-28-15-17-5-10-33-16-22(17)30-25)34-23-14-19(31-8-11-32-12-9-31)13-21-24(23)27-7-6-26-21;24-16-1-6-22(27-15-16)28-17-2-4-19(5-3-17)31-21-14-18(29-9-11-30-12-10-29)13-20-23(21)26-8-7-25-20/h7-8,13-16,19,22H,3-6,9-12,17-18H2,1-2H3,(H,29,30,31);6-7,13-15,18,20H,1-5,8-12,16H2,(H,28,29,30);1,6-8,13-15,17,19H,2-5,9-12,24H2,(H,27,28). The second kappa shape index (κ2) is 34.5. The molecule has 538 valence electrons. The number of nitrogens with zero attached hydrogens (tertiary/aromatic N) is 15. The minimum absolute atomic E-state index is 0.128. The highest BCUT2D eigenvalue weighted by Gasteiger charge is 2.29. The van der Waals surface area contributed by atoms with Crippen molar-refractivity contribution < 1.29 is 42.6 Å². The summed E-state index contributed by atoms with van der Waals surface area (Å²) in [5, 5.41) is 10.5. The summed E-state index contributed by atoms with van der Waals surface area (Å²) < 4.78 is 52.1. The van der Waals surface area contributed by atoms with Crippen molar-refractivity contribution in [1.29, 1.82) is 0 Å². The quantitative estimate of drug-likeness (QED) is 0.0516. The first kappa shape index (κ1) is 69.6. The number of pyridine rings is 1. The first-order valence-corrected chi connectivity index (χ1v) is 36.0. The van der Waals surface area contributed by atoms with Crippen LogP contribution in [0.25, 0.3) is 33.1 Å². The third-order valence-corrected chi connectivity index (χ3v) is 19.7. The van der Waals surface area contributed by atoms with Gasteiger partial charge in [0, 0.05) is 150 Å².